The van der Waals surface area contributed by atoms with Crippen molar-refractivity contribution in [3.05, 3.63) is 71.0 Å². The maximum atomic E-state index is 6.26. The first-order valence-corrected chi connectivity index (χ1v) is 8.27. The zero-order valence-electron chi connectivity index (χ0n) is 14.8. The highest BCUT2D eigenvalue weighted by Gasteiger charge is 2.10. The zero-order chi connectivity index (χ0) is 17.8. The molecule has 5 nitrogen and oxygen atoms in total. The van der Waals surface area contributed by atoms with Crippen LogP contribution < -0.4 is 16.4 Å². The van der Waals surface area contributed by atoms with Gasteiger partial charge in [0.1, 0.15) is 12.0 Å². The second kappa shape index (κ2) is 7.21. The van der Waals surface area contributed by atoms with Gasteiger partial charge in [-0.2, -0.15) is 0 Å². The van der Waals surface area contributed by atoms with E-state index in [4.69, 9.17) is 5.73 Å². The fraction of sp³-hybridized carbons (Fsp3) is 0.200. The molecular formula is C20H23N5. The minimum Gasteiger partial charge on any atom is -0.393 e. The summed E-state index contributed by atoms with van der Waals surface area (Å²) >= 11 is 0. The van der Waals surface area contributed by atoms with Gasteiger partial charge in [-0.05, 0) is 43.5 Å². The SMILES string of the molecule is Cc1ccc(CNc2ncnc(Nc3cccc(C)c3C)c2N)cc1. The normalized spacial score (nSPS) is 10.5. The second-order valence-corrected chi connectivity index (χ2v) is 6.20. The molecule has 0 spiro atoms. The average Bonchev–Trinajstić information content (AvgIpc) is 2.61. The molecule has 2 aromatic carbocycles. The summed E-state index contributed by atoms with van der Waals surface area (Å²) < 4.78 is 0. The number of benzene rings is 2. The monoisotopic (exact) mass is 333 g/mol. The first kappa shape index (κ1) is 16.8. The van der Waals surface area contributed by atoms with E-state index in [1.807, 2.05) is 12.1 Å². The summed E-state index contributed by atoms with van der Waals surface area (Å²) in [6.07, 6.45) is 1.52. The molecule has 0 bridgehead atoms. The van der Waals surface area contributed by atoms with Gasteiger partial charge >= 0.3 is 0 Å². The predicted molar refractivity (Wildman–Crippen MR) is 104 cm³/mol. The van der Waals surface area contributed by atoms with Crippen molar-refractivity contribution < 1.29 is 0 Å². The van der Waals surface area contributed by atoms with Gasteiger partial charge in [0.05, 0.1) is 0 Å². The van der Waals surface area contributed by atoms with Gasteiger partial charge in [-0.15, -0.1) is 0 Å². The third kappa shape index (κ3) is 3.88. The van der Waals surface area contributed by atoms with E-state index >= 15 is 0 Å². The summed E-state index contributed by atoms with van der Waals surface area (Å²) in [6, 6.07) is 14.5. The van der Waals surface area contributed by atoms with Crippen LogP contribution in [0.4, 0.5) is 23.0 Å². The highest BCUT2D eigenvalue weighted by molar-refractivity contribution is 5.78. The maximum absolute atomic E-state index is 6.26. The number of nitrogens with zero attached hydrogens (tertiary/aromatic N) is 2. The number of aryl methyl sites for hydroxylation is 2. The summed E-state index contributed by atoms with van der Waals surface area (Å²) in [5.41, 5.74) is 12.6. The van der Waals surface area contributed by atoms with Crippen LogP contribution >= 0.6 is 0 Å². The summed E-state index contributed by atoms with van der Waals surface area (Å²) in [5.74, 6) is 1.23. The fourth-order valence-corrected chi connectivity index (χ4v) is 2.54. The molecule has 128 valence electrons. The molecule has 1 aromatic heterocycles. The molecular weight excluding hydrogens is 310 g/mol. The number of aromatic nitrogens is 2. The van der Waals surface area contributed by atoms with Crippen LogP contribution in [-0.4, -0.2) is 9.97 Å². The number of anilines is 4. The standard InChI is InChI=1S/C20H23N5/c1-13-7-9-16(10-8-13)11-22-19-18(21)20(24-12-23-19)25-17-6-4-5-14(2)15(17)3/h4-10,12H,11,21H2,1-3H3,(H2,22,23,24,25). The second-order valence-electron chi connectivity index (χ2n) is 6.20. The van der Waals surface area contributed by atoms with E-state index in [1.165, 1.54) is 28.6 Å². The maximum Gasteiger partial charge on any atom is 0.159 e. The molecule has 0 saturated carbocycles. The summed E-state index contributed by atoms with van der Waals surface area (Å²) in [5, 5.41) is 6.60. The largest absolute Gasteiger partial charge is 0.393 e. The lowest BCUT2D eigenvalue weighted by molar-refractivity contribution is 1.08. The first-order valence-electron chi connectivity index (χ1n) is 8.27. The van der Waals surface area contributed by atoms with E-state index in [-0.39, 0.29) is 0 Å². The van der Waals surface area contributed by atoms with E-state index in [9.17, 15) is 0 Å². The molecule has 0 aliphatic carbocycles. The van der Waals surface area contributed by atoms with Crippen molar-refractivity contribution in [1.29, 1.82) is 0 Å². The van der Waals surface area contributed by atoms with Gasteiger partial charge in [0, 0.05) is 12.2 Å². The zero-order valence-corrected chi connectivity index (χ0v) is 14.8. The van der Waals surface area contributed by atoms with Crippen molar-refractivity contribution in [1.82, 2.24) is 9.97 Å². The van der Waals surface area contributed by atoms with Crippen molar-refractivity contribution >= 4 is 23.0 Å². The highest BCUT2D eigenvalue weighted by atomic mass is 15.1. The minimum atomic E-state index is 0.510. The Morgan fingerprint density at radius 2 is 1.64 bits per heavy atom. The molecule has 0 saturated heterocycles. The Balaban J connectivity index is 1.77. The topological polar surface area (TPSA) is 75.9 Å². The highest BCUT2D eigenvalue weighted by Crippen LogP contribution is 2.28. The number of rotatable bonds is 5. The Bertz CT molecular complexity index is 872. The molecule has 0 amide bonds. The molecule has 0 aliphatic rings. The van der Waals surface area contributed by atoms with Crippen LogP contribution in [0.2, 0.25) is 0 Å². The molecule has 3 aromatic rings. The van der Waals surface area contributed by atoms with Gasteiger partial charge in [0.25, 0.3) is 0 Å². The molecule has 1 heterocycles. The van der Waals surface area contributed by atoms with Gasteiger partial charge in [-0.25, -0.2) is 9.97 Å². The third-order valence-corrected chi connectivity index (χ3v) is 4.32. The van der Waals surface area contributed by atoms with Crippen molar-refractivity contribution in [2.45, 2.75) is 27.3 Å². The number of hydrogen-bond acceptors (Lipinski definition) is 5. The summed E-state index contributed by atoms with van der Waals surface area (Å²) in [6.45, 7) is 6.89. The molecule has 0 atom stereocenters. The first-order chi connectivity index (χ1) is 12.0. The molecule has 3 rings (SSSR count). The van der Waals surface area contributed by atoms with Gasteiger partial charge in [-0.3, -0.25) is 0 Å². The van der Waals surface area contributed by atoms with E-state index in [0.29, 0.717) is 23.9 Å². The van der Waals surface area contributed by atoms with E-state index < -0.39 is 0 Å². The molecule has 0 fully saturated rings. The van der Waals surface area contributed by atoms with E-state index in [2.05, 4.69) is 71.7 Å². The van der Waals surface area contributed by atoms with Gasteiger partial charge in [-0.1, -0.05) is 42.0 Å². The fourth-order valence-electron chi connectivity index (χ4n) is 2.54. The van der Waals surface area contributed by atoms with Crippen LogP contribution in [0.3, 0.4) is 0 Å². The number of nitrogen functional groups attached to an aromatic ring is 1. The van der Waals surface area contributed by atoms with Crippen LogP contribution in [0.1, 0.15) is 22.3 Å². The van der Waals surface area contributed by atoms with E-state index in [1.54, 1.807) is 0 Å². The molecule has 25 heavy (non-hydrogen) atoms. The summed E-state index contributed by atoms with van der Waals surface area (Å²) in [4.78, 5) is 8.55. The van der Waals surface area contributed by atoms with Crippen molar-refractivity contribution in [3.8, 4) is 0 Å². The summed E-state index contributed by atoms with van der Waals surface area (Å²) in [7, 11) is 0. The molecule has 4 N–H and O–H groups in total. The third-order valence-electron chi connectivity index (χ3n) is 4.32. The lowest BCUT2D eigenvalue weighted by Crippen LogP contribution is -2.08. The Kier molecular flexibility index (Phi) is 4.84. The van der Waals surface area contributed by atoms with Crippen LogP contribution in [0.25, 0.3) is 0 Å². The van der Waals surface area contributed by atoms with Crippen LogP contribution in [0, 0.1) is 20.8 Å². The van der Waals surface area contributed by atoms with Crippen LogP contribution in [0.15, 0.2) is 48.8 Å². The smallest absolute Gasteiger partial charge is 0.159 e. The Labute approximate surface area is 148 Å². The molecule has 0 aliphatic heterocycles. The molecule has 5 heteroatoms. The molecule has 0 unspecified atom stereocenters. The Hall–Kier alpha value is -3.08. The number of hydrogen-bond donors (Lipinski definition) is 3. The van der Waals surface area contributed by atoms with Crippen molar-refractivity contribution in [2.75, 3.05) is 16.4 Å². The predicted octanol–water partition coefficient (Wildman–Crippen LogP) is 4.34. The Morgan fingerprint density at radius 1 is 0.920 bits per heavy atom. The van der Waals surface area contributed by atoms with Crippen molar-refractivity contribution in [3.63, 3.8) is 0 Å². The van der Waals surface area contributed by atoms with Crippen molar-refractivity contribution in [2.24, 2.45) is 0 Å². The average molecular weight is 333 g/mol. The van der Waals surface area contributed by atoms with Gasteiger partial charge < -0.3 is 16.4 Å². The van der Waals surface area contributed by atoms with Gasteiger partial charge in [0.15, 0.2) is 11.6 Å². The number of nitrogens with two attached hydrogens (primary N) is 1. The number of nitrogens with one attached hydrogen (secondary N) is 2. The minimum absolute atomic E-state index is 0.510. The van der Waals surface area contributed by atoms with Crippen LogP contribution in [-0.2, 0) is 6.54 Å². The lowest BCUT2D eigenvalue weighted by atomic mass is 10.1. The lowest BCUT2D eigenvalue weighted by Gasteiger charge is -2.14. The quantitative estimate of drug-likeness (QED) is 0.647. The van der Waals surface area contributed by atoms with Crippen LogP contribution in [0.5, 0.6) is 0 Å². The van der Waals surface area contributed by atoms with E-state index in [0.717, 1.165) is 5.69 Å². The van der Waals surface area contributed by atoms with Gasteiger partial charge in [0.2, 0.25) is 0 Å². The Morgan fingerprint density at radius 3 is 2.40 bits per heavy atom. The molecule has 0 radical (unpaired) electrons.